The summed E-state index contributed by atoms with van der Waals surface area (Å²) in [7, 11) is -2.79. The van der Waals surface area contributed by atoms with Crippen LogP contribution in [0.4, 0.5) is 5.69 Å². The van der Waals surface area contributed by atoms with Gasteiger partial charge in [0.1, 0.15) is 18.8 Å². The second kappa shape index (κ2) is 7.54. The van der Waals surface area contributed by atoms with Gasteiger partial charge < -0.3 is 0 Å². The lowest BCUT2D eigenvalue weighted by Crippen LogP contribution is -2.68. The number of nitrogens with zero attached hydrogens (tertiary/aromatic N) is 2. The maximum absolute atomic E-state index is 8.49. The third-order valence-corrected chi connectivity index (χ3v) is 3.38. The van der Waals surface area contributed by atoms with E-state index in [1.165, 1.54) is 17.1 Å². The van der Waals surface area contributed by atoms with Crippen molar-refractivity contribution >= 4 is 11.5 Å². The van der Waals surface area contributed by atoms with Crippen molar-refractivity contribution in [1.29, 1.82) is 0 Å². The summed E-state index contributed by atoms with van der Waals surface area (Å²) in [6.45, 7) is 2.11. The highest BCUT2D eigenvalue weighted by Gasteiger charge is 2.31. The Bertz CT molecular complexity index is 651. The summed E-state index contributed by atoms with van der Waals surface area (Å²) in [5.41, 5.74) is 2.54. The van der Waals surface area contributed by atoms with Crippen LogP contribution in [0.3, 0.4) is 0 Å². The van der Waals surface area contributed by atoms with Gasteiger partial charge in [-0.05, 0) is 24.3 Å². The summed E-state index contributed by atoms with van der Waals surface area (Å²) in [4.78, 5) is 2.38. The van der Waals surface area contributed by atoms with Crippen molar-refractivity contribution in [3.63, 3.8) is 0 Å². The molecule has 0 aromatic heterocycles. The Balaban J connectivity index is 0.000000338. The molecule has 7 heteroatoms. The molecule has 0 bridgehead atoms. The molecule has 122 valence electrons. The molecule has 0 atom stereocenters. The van der Waals surface area contributed by atoms with Crippen molar-refractivity contribution in [1.82, 2.24) is 0 Å². The smallest absolute Gasteiger partial charge is 0.260 e. The van der Waals surface area contributed by atoms with Gasteiger partial charge in [0.2, 0.25) is 0 Å². The number of benzene rings is 2. The predicted octanol–water partition coefficient (Wildman–Crippen LogP) is -2.16. The Hall–Kier alpha value is -1.96. The first-order chi connectivity index (χ1) is 10.9. The SMILES string of the molecule is C[N+]1=C(c2ccccc2)N(c2ccccc2)CC1.[O-][Cl+3]([O-])([O-])[O-]. The molecular weight excluding hydrogens is 320 g/mol. The first-order valence-corrected chi connectivity index (χ1v) is 8.17. The highest BCUT2D eigenvalue weighted by atomic mass is 35.7. The summed E-state index contributed by atoms with van der Waals surface area (Å²) in [5, 5.41) is 0. The maximum atomic E-state index is 8.49. The predicted molar refractivity (Wildman–Crippen MR) is 75.4 cm³/mol. The maximum Gasteiger partial charge on any atom is 0.284 e. The zero-order valence-electron chi connectivity index (χ0n) is 12.6. The van der Waals surface area contributed by atoms with Crippen LogP contribution in [0.2, 0.25) is 0 Å². The van der Waals surface area contributed by atoms with Gasteiger partial charge in [0.25, 0.3) is 5.84 Å². The normalized spacial score (nSPS) is 14.6. The third-order valence-electron chi connectivity index (χ3n) is 3.38. The lowest BCUT2D eigenvalue weighted by Gasteiger charge is -2.17. The van der Waals surface area contributed by atoms with Gasteiger partial charge in [0.05, 0.1) is 12.6 Å². The van der Waals surface area contributed by atoms with Crippen LogP contribution in [-0.4, -0.2) is 30.5 Å². The molecule has 0 spiro atoms. The first kappa shape index (κ1) is 17.4. The largest absolute Gasteiger partial charge is 0.284 e. The summed E-state index contributed by atoms with van der Waals surface area (Å²) < 4.78 is 36.3. The van der Waals surface area contributed by atoms with E-state index < -0.39 is 10.2 Å². The Labute approximate surface area is 136 Å². The van der Waals surface area contributed by atoms with E-state index in [-0.39, 0.29) is 0 Å². The zero-order valence-corrected chi connectivity index (χ0v) is 13.3. The highest BCUT2D eigenvalue weighted by molar-refractivity contribution is 6.07. The molecule has 0 N–H and O–H groups in total. The first-order valence-electron chi connectivity index (χ1n) is 6.94. The number of rotatable bonds is 2. The van der Waals surface area contributed by atoms with Gasteiger partial charge in [-0.3, -0.25) is 4.58 Å². The zero-order chi connectivity index (χ0) is 16.9. The van der Waals surface area contributed by atoms with Crippen molar-refractivity contribution < 1.29 is 33.5 Å². The lowest BCUT2D eigenvalue weighted by atomic mass is 10.2. The summed E-state index contributed by atoms with van der Waals surface area (Å²) >= 11 is 0. The number of hydrogen-bond donors (Lipinski definition) is 0. The lowest BCUT2D eigenvalue weighted by molar-refractivity contribution is -2.00. The third kappa shape index (κ3) is 5.31. The van der Waals surface area contributed by atoms with Crippen LogP contribution in [-0.2, 0) is 0 Å². The van der Waals surface area contributed by atoms with Gasteiger partial charge in [0.15, 0.2) is 0 Å². The van der Waals surface area contributed by atoms with Crippen LogP contribution >= 0.6 is 0 Å². The molecule has 23 heavy (non-hydrogen) atoms. The fraction of sp³-hybridized carbons (Fsp3) is 0.188. The van der Waals surface area contributed by atoms with Crippen molar-refractivity contribution in [3.8, 4) is 0 Å². The average Bonchev–Trinajstić information content (AvgIpc) is 2.89. The van der Waals surface area contributed by atoms with Crippen LogP contribution in [0, 0.1) is 10.2 Å². The molecule has 0 unspecified atom stereocenters. The Morgan fingerprint density at radius 2 is 1.35 bits per heavy atom. The molecule has 0 radical (unpaired) electrons. The van der Waals surface area contributed by atoms with Crippen LogP contribution in [0.15, 0.2) is 60.7 Å². The van der Waals surface area contributed by atoms with E-state index in [1.807, 2.05) is 0 Å². The molecule has 0 aliphatic carbocycles. The van der Waals surface area contributed by atoms with Crippen molar-refractivity contribution in [3.05, 3.63) is 66.2 Å². The standard InChI is InChI=1S/C16H17N2.ClHO4/c1-17-12-13-18(15-10-6-3-7-11-15)16(17)14-8-4-2-5-9-14;2-1(3,4)5/h2-11H,12-13H2,1H3;(H,2,3,4,5)/q+1;/p-1. The van der Waals surface area contributed by atoms with E-state index >= 15 is 0 Å². The fourth-order valence-electron chi connectivity index (χ4n) is 2.49. The average molecular weight is 337 g/mol. The molecule has 1 aliphatic heterocycles. The molecule has 0 saturated carbocycles. The number of hydrogen-bond acceptors (Lipinski definition) is 5. The number of amidine groups is 1. The van der Waals surface area contributed by atoms with E-state index in [0.29, 0.717) is 0 Å². The molecule has 2 aromatic carbocycles. The highest BCUT2D eigenvalue weighted by Crippen LogP contribution is 2.19. The molecule has 3 rings (SSSR count). The topological polar surface area (TPSA) is 98.5 Å². The van der Waals surface area contributed by atoms with Crippen molar-refractivity contribution in [2.75, 3.05) is 25.0 Å². The van der Waals surface area contributed by atoms with Crippen LogP contribution < -0.4 is 23.5 Å². The van der Waals surface area contributed by atoms with Crippen LogP contribution in [0.5, 0.6) is 0 Å². The second-order valence-corrected chi connectivity index (χ2v) is 5.73. The number of likely N-dealkylation sites (N-methyl/N-ethyl adjacent to an activating group) is 1. The van der Waals surface area contributed by atoms with Gasteiger partial charge in [-0.25, -0.2) is 23.5 Å². The molecule has 0 saturated heterocycles. The van der Waals surface area contributed by atoms with Crippen LogP contribution in [0.1, 0.15) is 5.56 Å². The molecule has 1 aliphatic rings. The van der Waals surface area contributed by atoms with Crippen molar-refractivity contribution in [2.45, 2.75) is 0 Å². The van der Waals surface area contributed by atoms with E-state index in [9.17, 15) is 0 Å². The Morgan fingerprint density at radius 3 is 1.87 bits per heavy atom. The molecule has 2 aromatic rings. The minimum absolute atomic E-state index is 1.05. The number of para-hydroxylation sites is 1. The fourth-order valence-corrected chi connectivity index (χ4v) is 2.49. The van der Waals surface area contributed by atoms with E-state index in [0.717, 1.165) is 13.1 Å². The van der Waals surface area contributed by atoms with E-state index in [2.05, 4.69) is 77.2 Å². The molecule has 1 heterocycles. The summed E-state index contributed by atoms with van der Waals surface area (Å²) in [6.07, 6.45) is 0. The van der Waals surface area contributed by atoms with Gasteiger partial charge in [0, 0.05) is 0 Å². The monoisotopic (exact) mass is 336 g/mol. The molecule has 6 nitrogen and oxygen atoms in total. The number of halogens is 1. The molecule has 0 fully saturated rings. The van der Waals surface area contributed by atoms with Gasteiger partial charge in [-0.15, -0.1) is 10.2 Å². The van der Waals surface area contributed by atoms with Gasteiger partial charge >= 0.3 is 0 Å². The minimum Gasteiger partial charge on any atom is -0.260 e. The van der Waals surface area contributed by atoms with Crippen LogP contribution in [0.25, 0.3) is 0 Å². The Morgan fingerprint density at radius 1 is 0.870 bits per heavy atom. The van der Waals surface area contributed by atoms with Gasteiger partial charge in [-0.1, -0.05) is 36.4 Å². The van der Waals surface area contributed by atoms with E-state index in [4.69, 9.17) is 18.6 Å². The Kier molecular flexibility index (Phi) is 5.70. The minimum atomic E-state index is -4.94. The quantitative estimate of drug-likeness (QED) is 0.582. The number of anilines is 1. The second-order valence-electron chi connectivity index (χ2n) is 4.98. The van der Waals surface area contributed by atoms with Gasteiger partial charge in [-0.2, -0.15) is 0 Å². The summed E-state index contributed by atoms with van der Waals surface area (Å²) in [5.74, 6) is 1.29. The molecule has 0 amide bonds. The molecular formula is C16H17ClN2O4. The summed E-state index contributed by atoms with van der Waals surface area (Å²) in [6, 6.07) is 21.2. The van der Waals surface area contributed by atoms with E-state index in [1.54, 1.807) is 0 Å². The van der Waals surface area contributed by atoms with Crippen molar-refractivity contribution in [2.24, 2.45) is 0 Å².